The van der Waals surface area contributed by atoms with Gasteiger partial charge in [0.2, 0.25) is 0 Å². The lowest BCUT2D eigenvalue weighted by Crippen LogP contribution is -2.44. The van der Waals surface area contributed by atoms with Crippen molar-refractivity contribution in [2.75, 3.05) is 43.4 Å². The van der Waals surface area contributed by atoms with Crippen LogP contribution in [0.2, 0.25) is 0 Å². The molecule has 5 rings (SSSR count). The molecule has 1 N–H and O–H groups in total. The van der Waals surface area contributed by atoms with Crippen LogP contribution in [-0.2, 0) is 12.8 Å². The van der Waals surface area contributed by atoms with Crippen LogP contribution in [0.1, 0.15) is 39.3 Å². The molecule has 1 aliphatic heterocycles. The number of piperazine rings is 1. The first kappa shape index (κ1) is 20.8. The van der Waals surface area contributed by atoms with Gasteiger partial charge in [-0.25, -0.2) is 4.68 Å². The first-order chi connectivity index (χ1) is 15.5. The van der Waals surface area contributed by atoms with Gasteiger partial charge < -0.3 is 15.1 Å². The number of rotatable bonds is 4. The maximum atomic E-state index is 13.2. The van der Waals surface area contributed by atoms with Crippen LogP contribution in [0.4, 0.5) is 11.4 Å². The number of aryl methyl sites for hydroxylation is 2. The Morgan fingerprint density at radius 2 is 1.72 bits per heavy atom. The smallest absolute Gasteiger partial charge is 0.276 e. The standard InChI is InChI=1S/C26H31N5O/c1-18-7-4-5-9-23(18)31-24-10-6-8-21(24)25(28-31)26(32)27-20-11-12-22(19(2)17-20)30-15-13-29(3)14-16-30/h4-5,7,9,11-12,17H,6,8,10,13-16H2,1-3H3,(H,27,32). The highest BCUT2D eigenvalue weighted by Crippen LogP contribution is 2.30. The van der Waals surface area contributed by atoms with E-state index in [1.165, 1.54) is 16.9 Å². The Hall–Kier alpha value is -3.12. The van der Waals surface area contributed by atoms with E-state index in [9.17, 15) is 4.79 Å². The second-order valence-electron chi connectivity index (χ2n) is 9.07. The van der Waals surface area contributed by atoms with Crippen molar-refractivity contribution in [3.63, 3.8) is 0 Å². The predicted octanol–water partition coefficient (Wildman–Crippen LogP) is 3.98. The number of nitrogens with one attached hydrogen (secondary N) is 1. The van der Waals surface area contributed by atoms with E-state index in [0.717, 1.165) is 67.9 Å². The topological polar surface area (TPSA) is 53.4 Å². The van der Waals surface area contributed by atoms with E-state index in [4.69, 9.17) is 5.10 Å². The molecule has 0 saturated carbocycles. The molecule has 2 heterocycles. The van der Waals surface area contributed by atoms with Crippen molar-refractivity contribution in [2.45, 2.75) is 33.1 Å². The highest BCUT2D eigenvalue weighted by molar-refractivity contribution is 6.04. The molecule has 2 aliphatic rings. The van der Waals surface area contributed by atoms with E-state index >= 15 is 0 Å². The Bertz CT molecular complexity index is 1160. The summed E-state index contributed by atoms with van der Waals surface area (Å²) in [7, 11) is 2.17. The molecule has 0 radical (unpaired) electrons. The Balaban J connectivity index is 1.38. The van der Waals surface area contributed by atoms with Crippen LogP contribution in [0, 0.1) is 13.8 Å². The van der Waals surface area contributed by atoms with E-state index < -0.39 is 0 Å². The average Bonchev–Trinajstić information content (AvgIpc) is 3.38. The second kappa shape index (κ2) is 8.43. The first-order valence-corrected chi connectivity index (χ1v) is 11.5. The lowest BCUT2D eigenvalue weighted by molar-refractivity contribution is 0.102. The molecule has 1 amide bonds. The molecule has 1 aromatic heterocycles. The predicted molar refractivity (Wildman–Crippen MR) is 129 cm³/mol. The van der Waals surface area contributed by atoms with Crippen LogP contribution in [0.25, 0.3) is 5.69 Å². The molecular formula is C26H31N5O. The van der Waals surface area contributed by atoms with Gasteiger partial charge in [0.15, 0.2) is 5.69 Å². The van der Waals surface area contributed by atoms with Gasteiger partial charge in [0.25, 0.3) is 5.91 Å². The normalized spacial score (nSPS) is 16.3. The molecule has 1 saturated heterocycles. The van der Waals surface area contributed by atoms with Gasteiger partial charge in [-0.1, -0.05) is 18.2 Å². The van der Waals surface area contributed by atoms with E-state index in [2.05, 4.69) is 60.3 Å². The van der Waals surface area contributed by atoms with Crippen molar-refractivity contribution < 1.29 is 4.79 Å². The largest absolute Gasteiger partial charge is 0.369 e. The van der Waals surface area contributed by atoms with E-state index in [-0.39, 0.29) is 5.91 Å². The first-order valence-electron chi connectivity index (χ1n) is 11.5. The monoisotopic (exact) mass is 429 g/mol. The maximum absolute atomic E-state index is 13.2. The number of aromatic nitrogens is 2. The molecule has 0 spiro atoms. The van der Waals surface area contributed by atoms with Crippen LogP contribution in [0.15, 0.2) is 42.5 Å². The van der Waals surface area contributed by atoms with Crippen molar-refractivity contribution in [2.24, 2.45) is 0 Å². The minimum Gasteiger partial charge on any atom is -0.369 e. The number of benzene rings is 2. The lowest BCUT2D eigenvalue weighted by atomic mass is 10.1. The summed E-state index contributed by atoms with van der Waals surface area (Å²) >= 11 is 0. The van der Waals surface area contributed by atoms with Crippen molar-refractivity contribution in [1.82, 2.24) is 14.7 Å². The fourth-order valence-electron chi connectivity index (χ4n) is 4.95. The fraction of sp³-hybridized carbons (Fsp3) is 0.385. The van der Waals surface area contributed by atoms with Crippen molar-refractivity contribution in [3.8, 4) is 5.69 Å². The number of amides is 1. The van der Waals surface area contributed by atoms with Crippen molar-refractivity contribution in [1.29, 1.82) is 0 Å². The van der Waals surface area contributed by atoms with Crippen LogP contribution < -0.4 is 10.2 Å². The Kier molecular flexibility index (Phi) is 5.47. The highest BCUT2D eigenvalue weighted by Gasteiger charge is 2.27. The van der Waals surface area contributed by atoms with Gasteiger partial charge in [-0.2, -0.15) is 5.10 Å². The highest BCUT2D eigenvalue weighted by atomic mass is 16.2. The molecule has 32 heavy (non-hydrogen) atoms. The summed E-state index contributed by atoms with van der Waals surface area (Å²) in [6, 6.07) is 14.4. The van der Waals surface area contributed by atoms with Gasteiger partial charge in [0.05, 0.1) is 5.69 Å². The summed E-state index contributed by atoms with van der Waals surface area (Å²) in [5, 5.41) is 7.88. The number of hydrogen-bond acceptors (Lipinski definition) is 4. The minimum absolute atomic E-state index is 0.123. The number of likely N-dealkylation sites (N-methyl/N-ethyl adjacent to an activating group) is 1. The molecule has 3 aromatic rings. The minimum atomic E-state index is -0.123. The fourth-order valence-corrected chi connectivity index (χ4v) is 4.95. The second-order valence-corrected chi connectivity index (χ2v) is 9.07. The summed E-state index contributed by atoms with van der Waals surface area (Å²) in [5.41, 5.74) is 8.29. The van der Waals surface area contributed by atoms with Crippen LogP contribution >= 0.6 is 0 Å². The van der Waals surface area contributed by atoms with Crippen LogP contribution in [0.3, 0.4) is 0 Å². The zero-order valence-corrected chi connectivity index (χ0v) is 19.2. The third kappa shape index (κ3) is 3.79. The number of hydrogen-bond donors (Lipinski definition) is 1. The zero-order chi connectivity index (χ0) is 22.2. The number of nitrogens with zero attached hydrogens (tertiary/aromatic N) is 4. The summed E-state index contributed by atoms with van der Waals surface area (Å²) < 4.78 is 1.98. The van der Waals surface area contributed by atoms with Gasteiger partial charge in [0, 0.05) is 48.8 Å². The van der Waals surface area contributed by atoms with E-state index in [0.29, 0.717) is 5.69 Å². The lowest BCUT2D eigenvalue weighted by Gasteiger charge is -2.35. The molecule has 0 bridgehead atoms. The maximum Gasteiger partial charge on any atom is 0.276 e. The summed E-state index contributed by atoms with van der Waals surface area (Å²) in [4.78, 5) is 18.0. The summed E-state index contributed by atoms with van der Waals surface area (Å²) in [5.74, 6) is -0.123. The molecule has 0 unspecified atom stereocenters. The average molecular weight is 430 g/mol. The quantitative estimate of drug-likeness (QED) is 0.682. The van der Waals surface area contributed by atoms with Gasteiger partial charge >= 0.3 is 0 Å². The molecular weight excluding hydrogens is 398 g/mol. The molecule has 2 aromatic carbocycles. The van der Waals surface area contributed by atoms with Crippen molar-refractivity contribution in [3.05, 3.63) is 70.5 Å². The third-order valence-electron chi connectivity index (χ3n) is 6.79. The molecule has 0 atom stereocenters. The SMILES string of the molecule is Cc1cc(NC(=O)c2nn(-c3ccccc3C)c3c2CCC3)ccc1N1CCN(C)CC1. The van der Waals surface area contributed by atoms with Gasteiger partial charge in [-0.05, 0) is 75.5 Å². The number of anilines is 2. The molecule has 6 nitrogen and oxygen atoms in total. The Morgan fingerprint density at radius 3 is 2.47 bits per heavy atom. The molecule has 166 valence electrons. The Morgan fingerprint density at radius 1 is 0.938 bits per heavy atom. The van der Waals surface area contributed by atoms with E-state index in [1.54, 1.807) is 0 Å². The number of carbonyl (C=O) groups is 1. The van der Waals surface area contributed by atoms with Gasteiger partial charge in [-0.15, -0.1) is 0 Å². The van der Waals surface area contributed by atoms with Crippen LogP contribution in [-0.4, -0.2) is 53.8 Å². The molecule has 1 fully saturated rings. The zero-order valence-electron chi connectivity index (χ0n) is 19.2. The molecule has 1 aliphatic carbocycles. The number of fused-ring (bicyclic) bond motifs is 1. The number of carbonyl (C=O) groups excluding carboxylic acids is 1. The Labute approximate surface area is 189 Å². The summed E-state index contributed by atoms with van der Waals surface area (Å²) in [6.07, 6.45) is 2.94. The third-order valence-corrected chi connectivity index (χ3v) is 6.79. The van der Waals surface area contributed by atoms with Gasteiger partial charge in [-0.3, -0.25) is 4.79 Å². The van der Waals surface area contributed by atoms with E-state index in [1.807, 2.05) is 22.9 Å². The number of para-hydroxylation sites is 1. The van der Waals surface area contributed by atoms with Gasteiger partial charge in [0.1, 0.15) is 0 Å². The van der Waals surface area contributed by atoms with Crippen LogP contribution in [0.5, 0.6) is 0 Å². The van der Waals surface area contributed by atoms with Crippen molar-refractivity contribution >= 4 is 17.3 Å². The summed E-state index contributed by atoms with van der Waals surface area (Å²) in [6.45, 7) is 8.42. The molecule has 6 heteroatoms.